The Kier molecular flexibility index (Phi) is 4.30. The second-order valence-electron chi connectivity index (χ2n) is 3.06. The third-order valence-electron chi connectivity index (χ3n) is 1.90. The van der Waals surface area contributed by atoms with Gasteiger partial charge in [0.05, 0.1) is 15.8 Å². The molecule has 0 aliphatic rings. The minimum absolute atomic E-state index is 0.0888. The summed E-state index contributed by atoms with van der Waals surface area (Å²) in [6.45, 7) is 1.76. The van der Waals surface area contributed by atoms with Crippen molar-refractivity contribution in [1.29, 1.82) is 0 Å². The van der Waals surface area contributed by atoms with Gasteiger partial charge in [0.1, 0.15) is 0 Å². The Morgan fingerprint density at radius 2 is 2.19 bits per heavy atom. The number of nitrogens with zero attached hydrogens (tertiary/aromatic N) is 1. The molecule has 0 saturated carbocycles. The molecule has 5 nitrogen and oxygen atoms in total. The molecule has 2 N–H and O–H groups in total. The first-order valence-electron chi connectivity index (χ1n) is 4.62. The quantitative estimate of drug-likeness (QED) is 0.768. The highest BCUT2D eigenvalue weighted by molar-refractivity contribution is 8.00. The second kappa shape index (κ2) is 5.50. The molecule has 1 aromatic heterocycles. The van der Waals surface area contributed by atoms with E-state index in [-0.39, 0.29) is 16.7 Å². The molecule has 0 fully saturated rings. The highest BCUT2D eigenvalue weighted by atomic mass is 32.2. The van der Waals surface area contributed by atoms with E-state index in [9.17, 15) is 9.59 Å². The molecule has 0 radical (unpaired) electrons. The van der Waals surface area contributed by atoms with Crippen LogP contribution < -0.4 is 5.32 Å². The predicted octanol–water partition coefficient (Wildman–Crippen LogP) is 1.01. The number of nitrogens with one attached hydrogen (secondary N) is 1. The highest BCUT2D eigenvalue weighted by Crippen LogP contribution is 2.20. The Morgan fingerprint density at radius 3 is 2.62 bits per heavy atom. The van der Waals surface area contributed by atoms with E-state index >= 15 is 0 Å². The standard InChI is InChI=1S/C10H12N2O3S/c1-6(9(13)11-2)16-8-4-3-7(5-12-8)10(14)15/h3-6H,1-2H3,(H,11,13)(H,14,15). The zero-order chi connectivity index (χ0) is 12.1. The Balaban J connectivity index is 2.68. The lowest BCUT2D eigenvalue weighted by molar-refractivity contribution is -0.119. The van der Waals surface area contributed by atoms with Crippen molar-refractivity contribution in [1.82, 2.24) is 10.3 Å². The van der Waals surface area contributed by atoms with Crippen molar-refractivity contribution in [3.05, 3.63) is 23.9 Å². The summed E-state index contributed by atoms with van der Waals surface area (Å²) in [6.07, 6.45) is 1.28. The van der Waals surface area contributed by atoms with Crippen molar-refractivity contribution in [2.75, 3.05) is 7.05 Å². The molecule has 0 spiro atoms. The number of pyridine rings is 1. The maximum absolute atomic E-state index is 11.2. The Bertz CT molecular complexity index is 392. The minimum atomic E-state index is -1.01. The second-order valence-corrected chi connectivity index (χ2v) is 4.43. The van der Waals surface area contributed by atoms with Crippen LogP contribution in [0, 0.1) is 0 Å². The molecular formula is C10H12N2O3S. The third-order valence-corrected chi connectivity index (χ3v) is 2.95. The molecule has 1 heterocycles. The van der Waals surface area contributed by atoms with Crippen LogP contribution in [0.2, 0.25) is 0 Å². The summed E-state index contributed by atoms with van der Waals surface area (Å²) in [5.41, 5.74) is 0.136. The Morgan fingerprint density at radius 1 is 1.50 bits per heavy atom. The van der Waals surface area contributed by atoms with E-state index in [2.05, 4.69) is 10.3 Å². The van der Waals surface area contributed by atoms with Gasteiger partial charge in [0, 0.05) is 13.2 Å². The van der Waals surface area contributed by atoms with Gasteiger partial charge in [0.2, 0.25) is 5.91 Å². The summed E-state index contributed by atoms with van der Waals surface area (Å²) in [5, 5.41) is 11.6. The number of hydrogen-bond donors (Lipinski definition) is 2. The average molecular weight is 240 g/mol. The van der Waals surface area contributed by atoms with E-state index in [0.717, 1.165) is 0 Å². The summed E-state index contributed by atoms with van der Waals surface area (Å²) in [6, 6.07) is 3.06. The molecule has 1 unspecified atom stereocenters. The number of thioether (sulfide) groups is 1. The van der Waals surface area contributed by atoms with Gasteiger partial charge in [-0.15, -0.1) is 0 Å². The summed E-state index contributed by atoms with van der Waals surface area (Å²) < 4.78 is 0. The molecule has 0 aromatic carbocycles. The normalized spacial score (nSPS) is 11.9. The number of aromatic nitrogens is 1. The van der Waals surface area contributed by atoms with Gasteiger partial charge in [-0.1, -0.05) is 11.8 Å². The van der Waals surface area contributed by atoms with E-state index in [1.807, 2.05) is 0 Å². The molecule has 0 aliphatic carbocycles. The molecule has 1 rings (SSSR count). The van der Waals surface area contributed by atoms with Gasteiger partial charge in [-0.05, 0) is 19.1 Å². The lowest BCUT2D eigenvalue weighted by Crippen LogP contribution is -2.27. The van der Waals surface area contributed by atoms with Gasteiger partial charge in [-0.3, -0.25) is 4.79 Å². The minimum Gasteiger partial charge on any atom is -0.478 e. The fraction of sp³-hybridized carbons (Fsp3) is 0.300. The van der Waals surface area contributed by atoms with Crippen LogP contribution in [0.3, 0.4) is 0 Å². The molecule has 16 heavy (non-hydrogen) atoms. The molecule has 0 bridgehead atoms. The van der Waals surface area contributed by atoms with Crippen LogP contribution >= 0.6 is 11.8 Å². The largest absolute Gasteiger partial charge is 0.478 e. The number of amides is 1. The third kappa shape index (κ3) is 3.23. The molecule has 1 aromatic rings. The van der Waals surface area contributed by atoms with Crippen LogP contribution in [0.25, 0.3) is 0 Å². The maximum Gasteiger partial charge on any atom is 0.337 e. The highest BCUT2D eigenvalue weighted by Gasteiger charge is 2.13. The van der Waals surface area contributed by atoms with Crippen LogP contribution in [-0.4, -0.2) is 34.3 Å². The van der Waals surface area contributed by atoms with Crippen LogP contribution in [0.5, 0.6) is 0 Å². The first-order valence-corrected chi connectivity index (χ1v) is 5.50. The van der Waals surface area contributed by atoms with Crippen LogP contribution in [0.1, 0.15) is 17.3 Å². The molecule has 1 atom stereocenters. The number of carbonyl (C=O) groups excluding carboxylic acids is 1. The van der Waals surface area contributed by atoms with E-state index in [0.29, 0.717) is 5.03 Å². The summed E-state index contributed by atoms with van der Waals surface area (Å²) in [5.74, 6) is -1.10. The van der Waals surface area contributed by atoms with Crippen molar-refractivity contribution in [2.45, 2.75) is 17.2 Å². The smallest absolute Gasteiger partial charge is 0.337 e. The zero-order valence-corrected chi connectivity index (χ0v) is 9.75. The van der Waals surface area contributed by atoms with Gasteiger partial charge in [-0.2, -0.15) is 0 Å². The molecule has 1 amide bonds. The van der Waals surface area contributed by atoms with E-state index < -0.39 is 5.97 Å². The molecule has 0 saturated heterocycles. The summed E-state index contributed by atoms with van der Waals surface area (Å²) in [7, 11) is 1.57. The van der Waals surface area contributed by atoms with Gasteiger partial charge in [0.25, 0.3) is 0 Å². The number of carboxylic acid groups (broad SMARTS) is 1. The van der Waals surface area contributed by atoms with Gasteiger partial charge >= 0.3 is 5.97 Å². The van der Waals surface area contributed by atoms with Crippen molar-refractivity contribution in [3.63, 3.8) is 0 Å². The predicted molar refractivity (Wildman–Crippen MR) is 60.6 cm³/mol. The summed E-state index contributed by atoms with van der Waals surface area (Å²) in [4.78, 5) is 25.8. The molecule has 6 heteroatoms. The number of carbonyl (C=O) groups is 2. The van der Waals surface area contributed by atoms with E-state index in [1.165, 1.54) is 24.0 Å². The van der Waals surface area contributed by atoms with E-state index in [1.54, 1.807) is 20.0 Å². The average Bonchev–Trinajstić information content (AvgIpc) is 2.28. The monoisotopic (exact) mass is 240 g/mol. The summed E-state index contributed by atoms with van der Waals surface area (Å²) >= 11 is 1.28. The number of hydrogen-bond acceptors (Lipinski definition) is 4. The molecule has 0 aliphatic heterocycles. The van der Waals surface area contributed by atoms with Crippen LogP contribution in [-0.2, 0) is 4.79 Å². The zero-order valence-electron chi connectivity index (χ0n) is 8.93. The number of rotatable bonds is 4. The lowest BCUT2D eigenvalue weighted by atomic mass is 10.3. The first kappa shape index (κ1) is 12.5. The fourth-order valence-corrected chi connectivity index (χ4v) is 1.86. The van der Waals surface area contributed by atoms with Crippen molar-refractivity contribution in [2.24, 2.45) is 0 Å². The molecule has 86 valence electrons. The number of aromatic carboxylic acids is 1. The van der Waals surface area contributed by atoms with Gasteiger partial charge < -0.3 is 10.4 Å². The topological polar surface area (TPSA) is 79.3 Å². The number of carboxylic acids is 1. The Labute approximate surface area is 97.3 Å². The van der Waals surface area contributed by atoms with Gasteiger partial charge in [-0.25, -0.2) is 9.78 Å². The fourth-order valence-electron chi connectivity index (χ4n) is 1.01. The maximum atomic E-state index is 11.2. The lowest BCUT2D eigenvalue weighted by Gasteiger charge is -2.08. The Hall–Kier alpha value is -1.56. The van der Waals surface area contributed by atoms with Crippen molar-refractivity contribution in [3.8, 4) is 0 Å². The SMILES string of the molecule is CNC(=O)C(C)Sc1ccc(C(=O)O)cn1. The first-order chi connectivity index (χ1) is 7.54. The van der Waals surface area contributed by atoms with Crippen LogP contribution in [0.4, 0.5) is 0 Å². The van der Waals surface area contributed by atoms with Crippen LogP contribution in [0.15, 0.2) is 23.4 Å². The van der Waals surface area contributed by atoms with Gasteiger partial charge in [0.15, 0.2) is 0 Å². The van der Waals surface area contributed by atoms with E-state index in [4.69, 9.17) is 5.11 Å². The van der Waals surface area contributed by atoms with Crippen molar-refractivity contribution >= 4 is 23.6 Å². The van der Waals surface area contributed by atoms with Crippen molar-refractivity contribution < 1.29 is 14.7 Å². The molecular weight excluding hydrogens is 228 g/mol.